The van der Waals surface area contributed by atoms with E-state index in [1.807, 2.05) is 6.92 Å². The van der Waals surface area contributed by atoms with E-state index >= 15 is 0 Å². The van der Waals surface area contributed by atoms with Gasteiger partial charge < -0.3 is 15.6 Å². The minimum atomic E-state index is -2.90. The van der Waals surface area contributed by atoms with E-state index in [1.165, 1.54) is 6.07 Å². The molecule has 0 spiro atoms. The summed E-state index contributed by atoms with van der Waals surface area (Å²) in [7, 11) is 0. The molecule has 0 aliphatic carbocycles. The van der Waals surface area contributed by atoms with E-state index in [0.29, 0.717) is 18.5 Å². The standard InChI is InChI=1S/C12H17F2NO2/c1-2-8(7-15)11(16)9-5-3-4-6-10(9)17-12(13)14/h3-6,8,11-12,16H,2,7,15H2,1H3. The zero-order valence-electron chi connectivity index (χ0n) is 9.64. The summed E-state index contributed by atoms with van der Waals surface area (Å²) in [4.78, 5) is 0. The molecule has 1 rings (SSSR count). The number of aliphatic hydroxyl groups is 1. The quantitative estimate of drug-likeness (QED) is 0.808. The van der Waals surface area contributed by atoms with E-state index in [0.717, 1.165) is 0 Å². The van der Waals surface area contributed by atoms with Crippen molar-refractivity contribution in [2.75, 3.05) is 6.54 Å². The van der Waals surface area contributed by atoms with Crippen LogP contribution in [-0.4, -0.2) is 18.3 Å². The summed E-state index contributed by atoms with van der Waals surface area (Å²) in [6.07, 6.45) is -0.222. The summed E-state index contributed by atoms with van der Waals surface area (Å²) in [5.41, 5.74) is 5.88. The number of aliphatic hydroxyl groups excluding tert-OH is 1. The van der Waals surface area contributed by atoms with Gasteiger partial charge in [-0.05, 0) is 19.0 Å². The number of alkyl halides is 2. The Kier molecular flexibility index (Phi) is 5.31. The second-order valence-electron chi connectivity index (χ2n) is 3.77. The van der Waals surface area contributed by atoms with Gasteiger partial charge in [0.15, 0.2) is 0 Å². The molecular formula is C12H17F2NO2. The molecule has 0 radical (unpaired) electrons. The highest BCUT2D eigenvalue weighted by Gasteiger charge is 2.22. The summed E-state index contributed by atoms with van der Waals surface area (Å²) in [5, 5.41) is 10.1. The van der Waals surface area contributed by atoms with E-state index in [-0.39, 0.29) is 11.7 Å². The molecule has 2 atom stereocenters. The molecule has 3 nitrogen and oxygen atoms in total. The molecule has 0 saturated heterocycles. The summed E-state index contributed by atoms with van der Waals surface area (Å²) in [6.45, 7) is -0.723. The lowest BCUT2D eigenvalue weighted by Crippen LogP contribution is -2.22. The van der Waals surface area contributed by atoms with E-state index in [4.69, 9.17) is 5.73 Å². The zero-order valence-corrected chi connectivity index (χ0v) is 9.64. The summed E-state index contributed by atoms with van der Waals surface area (Å²) < 4.78 is 28.8. The van der Waals surface area contributed by atoms with E-state index < -0.39 is 12.7 Å². The molecule has 0 aromatic heterocycles. The number of hydrogen-bond donors (Lipinski definition) is 2. The largest absolute Gasteiger partial charge is 0.434 e. The number of benzene rings is 1. The van der Waals surface area contributed by atoms with Crippen molar-refractivity contribution in [2.24, 2.45) is 11.7 Å². The topological polar surface area (TPSA) is 55.5 Å². The fourth-order valence-electron chi connectivity index (χ4n) is 1.70. The zero-order chi connectivity index (χ0) is 12.8. The molecular weight excluding hydrogens is 228 g/mol. The van der Waals surface area contributed by atoms with Crippen molar-refractivity contribution in [3.05, 3.63) is 29.8 Å². The van der Waals surface area contributed by atoms with Gasteiger partial charge in [0.1, 0.15) is 5.75 Å². The van der Waals surface area contributed by atoms with Crippen LogP contribution in [0, 0.1) is 5.92 Å². The van der Waals surface area contributed by atoms with Crippen LogP contribution in [0.25, 0.3) is 0 Å². The number of rotatable bonds is 6. The van der Waals surface area contributed by atoms with Crippen molar-refractivity contribution in [1.82, 2.24) is 0 Å². The van der Waals surface area contributed by atoms with Gasteiger partial charge in [0, 0.05) is 11.5 Å². The molecule has 2 unspecified atom stereocenters. The van der Waals surface area contributed by atoms with Crippen molar-refractivity contribution in [3.8, 4) is 5.75 Å². The lowest BCUT2D eigenvalue weighted by atomic mass is 9.93. The third-order valence-corrected chi connectivity index (χ3v) is 2.73. The van der Waals surface area contributed by atoms with E-state index in [2.05, 4.69) is 4.74 Å². The summed E-state index contributed by atoms with van der Waals surface area (Å²) >= 11 is 0. The molecule has 96 valence electrons. The van der Waals surface area contributed by atoms with Crippen molar-refractivity contribution < 1.29 is 18.6 Å². The second kappa shape index (κ2) is 6.51. The highest BCUT2D eigenvalue weighted by Crippen LogP contribution is 2.31. The van der Waals surface area contributed by atoms with Gasteiger partial charge in [-0.15, -0.1) is 0 Å². The van der Waals surface area contributed by atoms with Gasteiger partial charge in [0.25, 0.3) is 0 Å². The lowest BCUT2D eigenvalue weighted by Gasteiger charge is -2.22. The Labute approximate surface area is 99.2 Å². The molecule has 1 aromatic carbocycles. The molecule has 0 fully saturated rings. The molecule has 17 heavy (non-hydrogen) atoms. The fourth-order valence-corrected chi connectivity index (χ4v) is 1.70. The average Bonchev–Trinajstić information content (AvgIpc) is 2.30. The van der Waals surface area contributed by atoms with Crippen molar-refractivity contribution in [1.29, 1.82) is 0 Å². The highest BCUT2D eigenvalue weighted by atomic mass is 19.3. The van der Waals surface area contributed by atoms with E-state index in [1.54, 1.807) is 18.2 Å². The SMILES string of the molecule is CCC(CN)C(O)c1ccccc1OC(F)F. The maximum Gasteiger partial charge on any atom is 0.387 e. The Morgan fingerprint density at radius 3 is 2.53 bits per heavy atom. The Balaban J connectivity index is 2.95. The first-order valence-corrected chi connectivity index (χ1v) is 5.52. The summed E-state index contributed by atoms with van der Waals surface area (Å²) in [5.74, 6) is -0.167. The molecule has 0 heterocycles. The first kappa shape index (κ1) is 13.9. The van der Waals surface area contributed by atoms with Crippen molar-refractivity contribution >= 4 is 0 Å². The minimum absolute atomic E-state index is 0.00176. The lowest BCUT2D eigenvalue weighted by molar-refractivity contribution is -0.0521. The van der Waals surface area contributed by atoms with Crippen LogP contribution >= 0.6 is 0 Å². The minimum Gasteiger partial charge on any atom is -0.434 e. The number of halogens is 2. The Morgan fingerprint density at radius 1 is 1.35 bits per heavy atom. The molecule has 5 heteroatoms. The van der Waals surface area contributed by atoms with Gasteiger partial charge in [-0.3, -0.25) is 0 Å². The molecule has 0 aliphatic heterocycles. The Hall–Kier alpha value is -1.20. The van der Waals surface area contributed by atoms with Crippen LogP contribution < -0.4 is 10.5 Å². The fraction of sp³-hybridized carbons (Fsp3) is 0.500. The Bertz CT molecular complexity index is 343. The highest BCUT2D eigenvalue weighted by molar-refractivity contribution is 5.35. The van der Waals surface area contributed by atoms with Gasteiger partial charge in [-0.2, -0.15) is 8.78 Å². The maximum absolute atomic E-state index is 12.2. The third kappa shape index (κ3) is 3.64. The number of hydrogen-bond acceptors (Lipinski definition) is 3. The molecule has 0 saturated carbocycles. The van der Waals surface area contributed by atoms with Gasteiger partial charge >= 0.3 is 6.61 Å². The van der Waals surface area contributed by atoms with Crippen LogP contribution in [0.1, 0.15) is 25.0 Å². The van der Waals surface area contributed by atoms with Crippen molar-refractivity contribution in [3.63, 3.8) is 0 Å². The van der Waals surface area contributed by atoms with Crippen LogP contribution in [0.4, 0.5) is 8.78 Å². The van der Waals surface area contributed by atoms with Gasteiger partial charge in [-0.25, -0.2) is 0 Å². The van der Waals surface area contributed by atoms with Gasteiger partial charge in [-0.1, -0.05) is 25.1 Å². The maximum atomic E-state index is 12.2. The molecule has 0 amide bonds. The van der Waals surface area contributed by atoms with Crippen LogP contribution in [0.5, 0.6) is 5.75 Å². The predicted molar refractivity (Wildman–Crippen MR) is 60.9 cm³/mol. The smallest absolute Gasteiger partial charge is 0.387 e. The average molecular weight is 245 g/mol. The molecule has 1 aromatic rings. The van der Waals surface area contributed by atoms with Crippen LogP contribution in [0.2, 0.25) is 0 Å². The van der Waals surface area contributed by atoms with Crippen LogP contribution in [-0.2, 0) is 0 Å². The van der Waals surface area contributed by atoms with Gasteiger partial charge in [0.2, 0.25) is 0 Å². The third-order valence-electron chi connectivity index (χ3n) is 2.73. The first-order chi connectivity index (χ1) is 8.10. The first-order valence-electron chi connectivity index (χ1n) is 5.52. The molecule has 0 bridgehead atoms. The van der Waals surface area contributed by atoms with Gasteiger partial charge in [0.05, 0.1) is 6.10 Å². The van der Waals surface area contributed by atoms with Crippen LogP contribution in [0.3, 0.4) is 0 Å². The van der Waals surface area contributed by atoms with E-state index in [9.17, 15) is 13.9 Å². The number of nitrogens with two attached hydrogens (primary N) is 1. The monoisotopic (exact) mass is 245 g/mol. The molecule has 0 aliphatic rings. The predicted octanol–water partition coefficient (Wildman–Crippen LogP) is 2.31. The number of para-hydroxylation sites is 1. The Morgan fingerprint density at radius 2 is 2.00 bits per heavy atom. The van der Waals surface area contributed by atoms with Crippen molar-refractivity contribution in [2.45, 2.75) is 26.1 Å². The summed E-state index contributed by atoms with van der Waals surface area (Å²) in [6, 6.07) is 6.23. The van der Waals surface area contributed by atoms with Crippen LogP contribution in [0.15, 0.2) is 24.3 Å². The molecule has 3 N–H and O–H groups in total. The second-order valence-corrected chi connectivity index (χ2v) is 3.77. The number of ether oxygens (including phenoxy) is 1. The normalized spacial score (nSPS) is 14.7.